The molecule has 1 aliphatic rings. The molecule has 0 aliphatic carbocycles. The molecule has 0 bridgehead atoms. The largest absolute Gasteiger partial charge is 0.357 e. The zero-order chi connectivity index (χ0) is 18.5. The highest BCUT2D eigenvalue weighted by Crippen LogP contribution is 2.13. The van der Waals surface area contributed by atoms with E-state index in [2.05, 4.69) is 25.8 Å². The van der Waals surface area contributed by atoms with Gasteiger partial charge in [-0.1, -0.05) is 19.9 Å². The zero-order valence-electron chi connectivity index (χ0n) is 15.6. The second-order valence-corrected chi connectivity index (χ2v) is 6.81. The van der Waals surface area contributed by atoms with Crippen LogP contribution in [0, 0.1) is 5.92 Å². The number of fused-ring (bicyclic) bond motifs is 1. The Bertz CT molecular complexity index is 783. The van der Waals surface area contributed by atoms with Crippen molar-refractivity contribution < 1.29 is 4.79 Å². The Balaban J connectivity index is 1.64. The first kappa shape index (κ1) is 18.2. The molecule has 2 aromatic rings. The molecule has 1 unspecified atom stereocenters. The molecule has 2 aromatic heterocycles. The Morgan fingerprint density at radius 2 is 2.23 bits per heavy atom. The predicted molar refractivity (Wildman–Crippen MR) is 101 cm³/mol. The first-order valence-electron chi connectivity index (χ1n) is 9.20. The number of aliphatic imine (C=N–C) groups is 1. The van der Waals surface area contributed by atoms with E-state index in [1.165, 1.54) is 0 Å². The summed E-state index contributed by atoms with van der Waals surface area (Å²) in [6, 6.07) is 6.02. The van der Waals surface area contributed by atoms with E-state index in [-0.39, 0.29) is 17.9 Å². The molecular formula is C18H27N7O. The van der Waals surface area contributed by atoms with Gasteiger partial charge in [0.25, 0.3) is 0 Å². The van der Waals surface area contributed by atoms with E-state index >= 15 is 0 Å². The number of likely N-dealkylation sites (tertiary alicyclic amines) is 1. The van der Waals surface area contributed by atoms with E-state index in [0.717, 1.165) is 43.5 Å². The van der Waals surface area contributed by atoms with Crippen LogP contribution in [0.5, 0.6) is 0 Å². The smallest absolute Gasteiger partial charge is 0.225 e. The highest BCUT2D eigenvalue weighted by atomic mass is 16.2. The number of pyridine rings is 1. The van der Waals surface area contributed by atoms with Gasteiger partial charge in [-0.05, 0) is 25.5 Å². The van der Waals surface area contributed by atoms with Gasteiger partial charge in [0, 0.05) is 37.8 Å². The number of carbonyl (C=O) groups is 1. The maximum Gasteiger partial charge on any atom is 0.225 e. The molecule has 1 fully saturated rings. The van der Waals surface area contributed by atoms with Crippen molar-refractivity contribution in [3.63, 3.8) is 0 Å². The zero-order valence-corrected chi connectivity index (χ0v) is 15.6. The van der Waals surface area contributed by atoms with Crippen LogP contribution in [0.15, 0.2) is 29.4 Å². The molecule has 1 atom stereocenters. The second-order valence-electron chi connectivity index (χ2n) is 6.81. The molecule has 140 valence electrons. The summed E-state index contributed by atoms with van der Waals surface area (Å²) in [4.78, 5) is 18.7. The van der Waals surface area contributed by atoms with Crippen LogP contribution in [0.2, 0.25) is 0 Å². The normalized spacial score (nSPS) is 17.9. The number of aromatic nitrogens is 3. The summed E-state index contributed by atoms with van der Waals surface area (Å²) in [6.07, 6.45) is 2.86. The molecule has 3 rings (SSSR count). The average molecular weight is 357 g/mol. The molecule has 0 radical (unpaired) electrons. The van der Waals surface area contributed by atoms with Gasteiger partial charge in [0.1, 0.15) is 6.54 Å². The van der Waals surface area contributed by atoms with Crippen molar-refractivity contribution in [2.24, 2.45) is 10.9 Å². The maximum absolute atomic E-state index is 12.1. The van der Waals surface area contributed by atoms with Gasteiger partial charge >= 0.3 is 0 Å². The SMILES string of the molecule is CCNC(=NCc1nnc2ccccn12)NC1CCN(C(=O)C(C)C)C1. The number of amides is 1. The molecule has 1 saturated heterocycles. The van der Waals surface area contributed by atoms with Crippen LogP contribution in [0.1, 0.15) is 33.0 Å². The number of guanidine groups is 1. The van der Waals surface area contributed by atoms with Crippen molar-refractivity contribution in [2.75, 3.05) is 19.6 Å². The van der Waals surface area contributed by atoms with Gasteiger partial charge in [-0.15, -0.1) is 10.2 Å². The summed E-state index contributed by atoms with van der Waals surface area (Å²) >= 11 is 0. The Labute approximate surface area is 153 Å². The standard InChI is InChI=1S/C18H27N7O/c1-4-19-18(21-14-8-10-24(12-14)17(26)13(2)3)20-11-16-23-22-15-7-5-6-9-25(15)16/h5-7,9,13-14H,4,8,10-12H2,1-3H3,(H2,19,20,21). The molecule has 26 heavy (non-hydrogen) atoms. The molecule has 1 amide bonds. The van der Waals surface area contributed by atoms with Gasteiger partial charge in [-0.2, -0.15) is 0 Å². The molecule has 8 heteroatoms. The molecule has 1 aliphatic heterocycles. The minimum Gasteiger partial charge on any atom is -0.357 e. The third kappa shape index (κ3) is 4.12. The molecule has 8 nitrogen and oxygen atoms in total. The number of hydrogen-bond donors (Lipinski definition) is 2. The van der Waals surface area contributed by atoms with Crippen molar-refractivity contribution >= 4 is 17.5 Å². The fourth-order valence-corrected chi connectivity index (χ4v) is 3.11. The lowest BCUT2D eigenvalue weighted by Gasteiger charge is -2.20. The van der Waals surface area contributed by atoms with Gasteiger partial charge in [0.2, 0.25) is 5.91 Å². The van der Waals surface area contributed by atoms with E-state index in [9.17, 15) is 4.79 Å². The number of hydrogen-bond acceptors (Lipinski definition) is 4. The molecule has 3 heterocycles. The minimum atomic E-state index is 0.0388. The molecular weight excluding hydrogens is 330 g/mol. The Morgan fingerprint density at radius 1 is 1.38 bits per heavy atom. The van der Waals surface area contributed by atoms with E-state index < -0.39 is 0 Å². The van der Waals surface area contributed by atoms with Crippen molar-refractivity contribution in [1.29, 1.82) is 0 Å². The number of rotatable bonds is 5. The van der Waals surface area contributed by atoms with Gasteiger partial charge < -0.3 is 15.5 Å². The minimum absolute atomic E-state index is 0.0388. The Morgan fingerprint density at radius 3 is 3.00 bits per heavy atom. The number of nitrogens with zero attached hydrogens (tertiary/aromatic N) is 5. The van der Waals surface area contributed by atoms with Crippen molar-refractivity contribution in [2.45, 2.75) is 39.8 Å². The van der Waals surface area contributed by atoms with E-state index in [0.29, 0.717) is 6.54 Å². The number of nitrogens with one attached hydrogen (secondary N) is 2. The highest BCUT2D eigenvalue weighted by Gasteiger charge is 2.27. The van der Waals surface area contributed by atoms with E-state index in [1.807, 2.05) is 54.5 Å². The van der Waals surface area contributed by atoms with Crippen LogP contribution in [0.4, 0.5) is 0 Å². The van der Waals surface area contributed by atoms with Crippen LogP contribution in [-0.2, 0) is 11.3 Å². The van der Waals surface area contributed by atoms with Crippen molar-refractivity contribution in [1.82, 2.24) is 30.1 Å². The second kappa shape index (κ2) is 8.16. The molecule has 0 saturated carbocycles. The summed E-state index contributed by atoms with van der Waals surface area (Å²) in [5.41, 5.74) is 0.814. The van der Waals surface area contributed by atoms with Crippen molar-refractivity contribution in [3.8, 4) is 0 Å². The summed E-state index contributed by atoms with van der Waals surface area (Å²) in [5.74, 6) is 1.79. The van der Waals surface area contributed by atoms with Crippen molar-refractivity contribution in [3.05, 3.63) is 30.2 Å². The molecule has 0 aromatic carbocycles. The number of carbonyl (C=O) groups excluding carboxylic acids is 1. The summed E-state index contributed by atoms with van der Waals surface area (Å²) in [6.45, 7) is 8.63. The van der Waals surface area contributed by atoms with Gasteiger partial charge in [0.15, 0.2) is 17.4 Å². The van der Waals surface area contributed by atoms with Gasteiger partial charge in [-0.3, -0.25) is 9.20 Å². The molecule has 0 spiro atoms. The Kier molecular flexibility index (Phi) is 5.70. The predicted octanol–water partition coefficient (Wildman–Crippen LogP) is 1.04. The Hall–Kier alpha value is -2.64. The summed E-state index contributed by atoms with van der Waals surface area (Å²) in [5, 5.41) is 15.1. The summed E-state index contributed by atoms with van der Waals surface area (Å²) < 4.78 is 1.94. The topological polar surface area (TPSA) is 86.9 Å². The maximum atomic E-state index is 12.1. The van der Waals surface area contributed by atoms with Crippen LogP contribution in [-0.4, -0.2) is 57.0 Å². The summed E-state index contributed by atoms with van der Waals surface area (Å²) in [7, 11) is 0. The van der Waals surface area contributed by atoms with Crippen LogP contribution in [0.25, 0.3) is 5.65 Å². The lowest BCUT2D eigenvalue weighted by atomic mass is 10.2. The average Bonchev–Trinajstić information content (AvgIpc) is 3.26. The molecule has 2 N–H and O–H groups in total. The fraction of sp³-hybridized carbons (Fsp3) is 0.556. The first-order valence-corrected chi connectivity index (χ1v) is 9.20. The van der Waals surface area contributed by atoms with Gasteiger partial charge in [0.05, 0.1) is 0 Å². The first-order chi connectivity index (χ1) is 12.6. The van der Waals surface area contributed by atoms with E-state index in [1.54, 1.807) is 0 Å². The van der Waals surface area contributed by atoms with Crippen LogP contribution in [0.3, 0.4) is 0 Å². The lowest BCUT2D eigenvalue weighted by Crippen LogP contribution is -2.45. The quantitative estimate of drug-likeness (QED) is 0.617. The van der Waals surface area contributed by atoms with Gasteiger partial charge in [-0.25, -0.2) is 4.99 Å². The third-order valence-corrected chi connectivity index (χ3v) is 4.44. The highest BCUT2D eigenvalue weighted by molar-refractivity contribution is 5.81. The monoisotopic (exact) mass is 357 g/mol. The lowest BCUT2D eigenvalue weighted by molar-refractivity contribution is -0.133. The van der Waals surface area contributed by atoms with Crippen LogP contribution >= 0.6 is 0 Å². The van der Waals surface area contributed by atoms with E-state index in [4.69, 9.17) is 0 Å². The van der Waals surface area contributed by atoms with Crippen LogP contribution < -0.4 is 10.6 Å². The fourth-order valence-electron chi connectivity index (χ4n) is 3.11. The third-order valence-electron chi connectivity index (χ3n) is 4.44.